The van der Waals surface area contributed by atoms with Crippen LogP contribution in [0.1, 0.15) is 186 Å². The Morgan fingerprint density at radius 2 is 0.694 bits per heavy atom. The van der Waals surface area contributed by atoms with E-state index in [9.17, 15) is 0 Å². The number of aromatic nitrogens is 1. The fraction of sp³-hybridized carbons (Fsp3) is 0.857. The molecule has 0 saturated carbocycles. The van der Waals surface area contributed by atoms with Crippen molar-refractivity contribution in [1.82, 2.24) is 0 Å². The topological polar surface area (TPSA) is 3.88 Å². The van der Waals surface area contributed by atoms with Crippen molar-refractivity contribution in [1.29, 1.82) is 0 Å². The quantitative estimate of drug-likeness (QED) is 0.0795. The van der Waals surface area contributed by atoms with Crippen LogP contribution in [0.25, 0.3) is 0 Å². The molecule has 0 bridgehead atoms. The molecule has 0 aromatic carbocycles. The Hall–Kier alpha value is -0.850. The first-order valence-corrected chi connectivity index (χ1v) is 16.8. The van der Waals surface area contributed by atoms with Crippen molar-refractivity contribution in [3.8, 4) is 0 Å². The molecule has 1 aromatic rings. The highest BCUT2D eigenvalue weighted by Crippen LogP contribution is 2.14. The van der Waals surface area contributed by atoms with Crippen molar-refractivity contribution in [3.63, 3.8) is 0 Å². The molecular weight excluding hydrogens is 434 g/mol. The standard InChI is InChI=1S/C35H66N/c1-3-5-7-9-11-13-15-17-18-20-22-24-26-28-32-36-33-30-35(31-34-36)29-27-25-23-21-19-16-14-12-10-8-6-4-2/h30-31,33-34H,3-29,32H2,1-2H3/q+1. The van der Waals surface area contributed by atoms with Gasteiger partial charge in [-0.05, 0) is 24.8 Å². The van der Waals surface area contributed by atoms with E-state index < -0.39 is 0 Å². The normalized spacial score (nSPS) is 11.4. The minimum absolute atomic E-state index is 1.19. The second-order valence-electron chi connectivity index (χ2n) is 11.7. The van der Waals surface area contributed by atoms with Gasteiger partial charge in [-0.1, -0.05) is 162 Å². The fourth-order valence-electron chi connectivity index (χ4n) is 5.46. The lowest BCUT2D eigenvalue weighted by atomic mass is 10.0. The average molecular weight is 501 g/mol. The molecule has 1 heteroatoms. The summed E-state index contributed by atoms with van der Waals surface area (Å²) in [4.78, 5) is 0. The average Bonchev–Trinajstić information content (AvgIpc) is 2.90. The first-order chi connectivity index (χ1) is 17.9. The van der Waals surface area contributed by atoms with Crippen LogP contribution in [0.4, 0.5) is 0 Å². The maximum atomic E-state index is 2.40. The molecule has 0 spiro atoms. The Kier molecular flexibility index (Phi) is 25.1. The largest absolute Gasteiger partial charge is 0.205 e. The lowest BCUT2D eigenvalue weighted by Crippen LogP contribution is -2.32. The molecule has 0 aliphatic heterocycles. The lowest BCUT2D eigenvalue weighted by Gasteiger charge is -2.04. The van der Waals surface area contributed by atoms with Crippen molar-refractivity contribution < 1.29 is 4.57 Å². The number of hydrogen-bond acceptors (Lipinski definition) is 0. The van der Waals surface area contributed by atoms with Crippen LogP contribution in [0.15, 0.2) is 24.5 Å². The molecular formula is C35H66N+. The van der Waals surface area contributed by atoms with E-state index in [4.69, 9.17) is 0 Å². The van der Waals surface area contributed by atoms with Crippen LogP contribution < -0.4 is 4.57 Å². The van der Waals surface area contributed by atoms with Gasteiger partial charge in [-0.2, -0.15) is 0 Å². The third kappa shape index (κ3) is 22.4. The molecule has 210 valence electrons. The van der Waals surface area contributed by atoms with Crippen LogP contribution in [-0.4, -0.2) is 0 Å². The van der Waals surface area contributed by atoms with Gasteiger partial charge < -0.3 is 0 Å². The Labute approximate surface area is 228 Å². The second-order valence-corrected chi connectivity index (χ2v) is 11.7. The first-order valence-electron chi connectivity index (χ1n) is 16.8. The summed E-state index contributed by atoms with van der Waals surface area (Å²) in [6.07, 6.45) is 43.2. The monoisotopic (exact) mass is 501 g/mol. The number of unbranched alkanes of at least 4 members (excludes halogenated alkanes) is 24. The zero-order valence-corrected chi connectivity index (χ0v) is 25.1. The zero-order chi connectivity index (χ0) is 25.8. The van der Waals surface area contributed by atoms with Crippen molar-refractivity contribution >= 4 is 0 Å². The number of rotatable bonds is 28. The van der Waals surface area contributed by atoms with Gasteiger partial charge in [-0.25, -0.2) is 4.57 Å². The summed E-state index contributed by atoms with van der Waals surface area (Å²) >= 11 is 0. The van der Waals surface area contributed by atoms with E-state index in [0.717, 1.165) is 0 Å². The molecule has 0 fully saturated rings. The van der Waals surface area contributed by atoms with E-state index >= 15 is 0 Å². The van der Waals surface area contributed by atoms with E-state index in [1.54, 1.807) is 0 Å². The molecule has 36 heavy (non-hydrogen) atoms. The molecule has 0 radical (unpaired) electrons. The molecule has 0 atom stereocenters. The summed E-state index contributed by atoms with van der Waals surface area (Å²) in [6.45, 7) is 5.80. The van der Waals surface area contributed by atoms with Gasteiger partial charge >= 0.3 is 0 Å². The van der Waals surface area contributed by atoms with Gasteiger partial charge in [0.2, 0.25) is 0 Å². The van der Waals surface area contributed by atoms with E-state index in [1.807, 2.05) is 0 Å². The summed E-state index contributed by atoms with van der Waals surface area (Å²) in [5, 5.41) is 0. The molecule has 0 unspecified atom stereocenters. The van der Waals surface area contributed by atoms with Gasteiger partial charge in [-0.15, -0.1) is 0 Å². The smallest absolute Gasteiger partial charge is 0.169 e. The minimum Gasteiger partial charge on any atom is -0.205 e. The Morgan fingerprint density at radius 3 is 1.06 bits per heavy atom. The molecule has 0 aliphatic carbocycles. The molecule has 0 saturated heterocycles. The third-order valence-corrected chi connectivity index (χ3v) is 8.05. The summed E-state index contributed by atoms with van der Waals surface area (Å²) in [5.41, 5.74) is 1.53. The molecule has 0 N–H and O–H groups in total. The molecule has 1 rings (SSSR count). The van der Waals surface area contributed by atoms with Crippen LogP contribution >= 0.6 is 0 Å². The van der Waals surface area contributed by atoms with Crippen LogP contribution in [0.5, 0.6) is 0 Å². The number of pyridine rings is 1. The van der Waals surface area contributed by atoms with E-state index in [-0.39, 0.29) is 0 Å². The van der Waals surface area contributed by atoms with Gasteiger partial charge in [0.05, 0.1) is 0 Å². The summed E-state index contributed by atoms with van der Waals surface area (Å²) in [5.74, 6) is 0. The van der Waals surface area contributed by atoms with Crippen molar-refractivity contribution in [2.45, 2.75) is 194 Å². The van der Waals surface area contributed by atoms with E-state index in [1.165, 1.54) is 185 Å². The zero-order valence-electron chi connectivity index (χ0n) is 25.1. The van der Waals surface area contributed by atoms with Gasteiger partial charge in [-0.3, -0.25) is 0 Å². The summed E-state index contributed by atoms with van der Waals surface area (Å²) < 4.78 is 2.40. The van der Waals surface area contributed by atoms with Crippen molar-refractivity contribution in [2.75, 3.05) is 0 Å². The number of hydrogen-bond donors (Lipinski definition) is 0. The van der Waals surface area contributed by atoms with Gasteiger partial charge in [0.15, 0.2) is 12.4 Å². The maximum Gasteiger partial charge on any atom is 0.169 e. The van der Waals surface area contributed by atoms with Crippen LogP contribution in [0.2, 0.25) is 0 Å². The van der Waals surface area contributed by atoms with Crippen molar-refractivity contribution in [2.24, 2.45) is 0 Å². The predicted molar refractivity (Wildman–Crippen MR) is 162 cm³/mol. The van der Waals surface area contributed by atoms with Gasteiger partial charge in [0.25, 0.3) is 0 Å². The Bertz CT molecular complexity index is 534. The van der Waals surface area contributed by atoms with E-state index in [0.29, 0.717) is 0 Å². The minimum atomic E-state index is 1.19. The second kappa shape index (κ2) is 27.2. The van der Waals surface area contributed by atoms with E-state index in [2.05, 4.69) is 42.9 Å². The first kappa shape index (κ1) is 33.2. The van der Waals surface area contributed by atoms with Crippen LogP contribution in [0, 0.1) is 0 Å². The Balaban J connectivity index is 1.85. The molecule has 1 aromatic heterocycles. The highest BCUT2D eigenvalue weighted by Gasteiger charge is 2.02. The fourth-order valence-corrected chi connectivity index (χ4v) is 5.46. The molecule has 1 heterocycles. The number of aryl methyl sites for hydroxylation is 2. The molecule has 1 nitrogen and oxygen atoms in total. The van der Waals surface area contributed by atoms with Gasteiger partial charge in [0, 0.05) is 18.6 Å². The van der Waals surface area contributed by atoms with Crippen LogP contribution in [-0.2, 0) is 13.0 Å². The van der Waals surface area contributed by atoms with Gasteiger partial charge in [0.1, 0.15) is 6.54 Å². The lowest BCUT2D eigenvalue weighted by molar-refractivity contribution is -0.697. The van der Waals surface area contributed by atoms with Crippen LogP contribution in [0.3, 0.4) is 0 Å². The van der Waals surface area contributed by atoms with Crippen molar-refractivity contribution in [3.05, 3.63) is 30.1 Å². The molecule has 0 aliphatic rings. The summed E-state index contributed by atoms with van der Waals surface area (Å²) in [6, 6.07) is 4.73. The Morgan fingerprint density at radius 1 is 0.389 bits per heavy atom. The predicted octanol–water partition coefficient (Wildman–Crippen LogP) is 11.7. The highest BCUT2D eigenvalue weighted by molar-refractivity contribution is 5.07. The number of nitrogens with zero attached hydrogens (tertiary/aromatic N) is 1. The third-order valence-electron chi connectivity index (χ3n) is 8.05. The SMILES string of the molecule is CCCCCCCCCCCCCCCC[n+]1ccc(CCCCCCCCCCCCCC)cc1. The maximum absolute atomic E-state index is 2.40. The summed E-state index contributed by atoms with van der Waals surface area (Å²) in [7, 11) is 0. The molecule has 0 amide bonds. The highest BCUT2D eigenvalue weighted by atomic mass is 14.9.